The number of hydrogen-bond donors (Lipinski definition) is 0. The maximum Gasteiger partial charge on any atom is 0.306 e. The SMILES string of the molecule is CC/C=C\C/C=C\C/C=C\C/C=C\CCCCCCCCC(=O)OC(COC(=O)CCCCCCC/C=C\CCCCC)COC(=O)CCCCCCCCCCCCCCCCCCCCC/C=C\CCCCCCCCCC. The van der Waals surface area contributed by atoms with Crippen molar-refractivity contribution in [1.29, 1.82) is 0 Å². The van der Waals surface area contributed by atoms with Crippen LogP contribution in [0.15, 0.2) is 72.9 Å². The topological polar surface area (TPSA) is 78.9 Å². The normalized spacial score (nSPS) is 12.5. The molecule has 464 valence electrons. The molecule has 0 aliphatic carbocycles. The van der Waals surface area contributed by atoms with Crippen LogP contribution < -0.4 is 0 Å². The van der Waals surface area contributed by atoms with Crippen LogP contribution >= 0.6 is 0 Å². The van der Waals surface area contributed by atoms with Crippen LogP contribution in [0.25, 0.3) is 0 Å². The lowest BCUT2D eigenvalue weighted by Crippen LogP contribution is -2.30. The molecule has 6 heteroatoms. The van der Waals surface area contributed by atoms with E-state index in [2.05, 4.69) is 93.7 Å². The first kappa shape index (κ1) is 76.9. The second-order valence-electron chi connectivity index (χ2n) is 23.4. The fourth-order valence-electron chi connectivity index (χ4n) is 10.2. The van der Waals surface area contributed by atoms with Crippen molar-refractivity contribution in [3.8, 4) is 0 Å². The number of rotatable bonds is 64. The van der Waals surface area contributed by atoms with Crippen molar-refractivity contribution in [3.63, 3.8) is 0 Å². The van der Waals surface area contributed by atoms with Crippen LogP contribution in [0.4, 0.5) is 0 Å². The van der Waals surface area contributed by atoms with E-state index in [4.69, 9.17) is 14.2 Å². The molecule has 0 saturated carbocycles. The highest BCUT2D eigenvalue weighted by Gasteiger charge is 2.19. The van der Waals surface area contributed by atoms with Gasteiger partial charge < -0.3 is 14.2 Å². The standard InChI is InChI=1S/C74H132O6/c1-4-7-10-13-16-19-22-25-27-29-31-32-33-34-35-36-37-38-39-40-41-42-44-45-47-49-52-55-58-61-64-67-73(76)79-70-71(69-78-72(75)66-63-60-57-54-51-24-21-18-15-12-9-6-3)80-74(77)68-65-62-59-56-53-50-48-46-43-30-28-26-23-20-17-14-11-8-5-2/h8,11,17-18,20-21,26,28-29,31,43,46,71H,4-7,9-10,12-16,19,22-25,27,30,32-42,44-45,47-70H2,1-3H3/b11-8-,20-17-,21-18-,28-26-,31-29-,46-43-. The van der Waals surface area contributed by atoms with E-state index < -0.39 is 6.10 Å². The Balaban J connectivity index is 4.17. The maximum absolute atomic E-state index is 12.9. The minimum atomic E-state index is -0.787. The summed E-state index contributed by atoms with van der Waals surface area (Å²) < 4.78 is 16.9. The van der Waals surface area contributed by atoms with Gasteiger partial charge in [0.15, 0.2) is 6.10 Å². The molecule has 6 nitrogen and oxygen atoms in total. The lowest BCUT2D eigenvalue weighted by atomic mass is 10.0. The Labute approximate surface area is 497 Å². The molecule has 0 fully saturated rings. The van der Waals surface area contributed by atoms with Crippen LogP contribution in [-0.4, -0.2) is 37.2 Å². The molecule has 0 heterocycles. The number of hydrogen-bond acceptors (Lipinski definition) is 6. The van der Waals surface area contributed by atoms with Gasteiger partial charge in [0, 0.05) is 19.3 Å². The molecule has 0 aliphatic rings. The molecule has 1 atom stereocenters. The van der Waals surface area contributed by atoms with Gasteiger partial charge in [-0.15, -0.1) is 0 Å². The molecule has 0 radical (unpaired) electrons. The number of ether oxygens (including phenoxy) is 3. The molecule has 0 N–H and O–H groups in total. The Hall–Kier alpha value is -3.15. The minimum absolute atomic E-state index is 0.0811. The van der Waals surface area contributed by atoms with E-state index in [1.165, 1.54) is 218 Å². The summed E-state index contributed by atoms with van der Waals surface area (Å²) in [4.78, 5) is 38.3. The van der Waals surface area contributed by atoms with Gasteiger partial charge in [0.25, 0.3) is 0 Å². The number of esters is 3. The summed E-state index contributed by atoms with van der Waals surface area (Å²) >= 11 is 0. The summed E-state index contributed by atoms with van der Waals surface area (Å²) in [5, 5.41) is 0. The third-order valence-corrected chi connectivity index (χ3v) is 15.4. The van der Waals surface area contributed by atoms with Gasteiger partial charge >= 0.3 is 17.9 Å². The largest absolute Gasteiger partial charge is 0.462 e. The van der Waals surface area contributed by atoms with E-state index in [0.717, 1.165) is 103 Å². The summed E-state index contributed by atoms with van der Waals surface area (Å²) in [5.74, 6) is -0.888. The van der Waals surface area contributed by atoms with E-state index in [0.29, 0.717) is 19.3 Å². The Morgan fingerprint density at radius 2 is 0.487 bits per heavy atom. The van der Waals surface area contributed by atoms with Gasteiger partial charge in [-0.2, -0.15) is 0 Å². The van der Waals surface area contributed by atoms with Crippen LogP contribution in [0.1, 0.15) is 361 Å². The van der Waals surface area contributed by atoms with Crippen LogP contribution in [-0.2, 0) is 28.6 Å². The van der Waals surface area contributed by atoms with Crippen LogP contribution in [0.2, 0.25) is 0 Å². The Kier molecular flexibility index (Phi) is 65.7. The van der Waals surface area contributed by atoms with Gasteiger partial charge in [0.2, 0.25) is 0 Å². The molecule has 0 spiro atoms. The summed E-state index contributed by atoms with van der Waals surface area (Å²) in [6, 6.07) is 0. The van der Waals surface area contributed by atoms with Crippen LogP contribution in [0, 0.1) is 0 Å². The highest BCUT2D eigenvalue weighted by atomic mass is 16.6. The molecule has 0 amide bonds. The first-order valence-corrected chi connectivity index (χ1v) is 34.9. The minimum Gasteiger partial charge on any atom is -0.462 e. The van der Waals surface area contributed by atoms with E-state index in [-0.39, 0.29) is 31.1 Å². The zero-order valence-electron chi connectivity index (χ0n) is 53.3. The number of carbonyl (C=O) groups excluding carboxylic acids is 3. The molecule has 0 aliphatic heterocycles. The third-order valence-electron chi connectivity index (χ3n) is 15.4. The summed E-state index contributed by atoms with van der Waals surface area (Å²) in [6.45, 7) is 6.53. The van der Waals surface area contributed by atoms with Crippen molar-refractivity contribution < 1.29 is 28.6 Å². The zero-order valence-corrected chi connectivity index (χ0v) is 53.3. The van der Waals surface area contributed by atoms with E-state index in [9.17, 15) is 14.4 Å². The van der Waals surface area contributed by atoms with E-state index in [1.54, 1.807) is 0 Å². The van der Waals surface area contributed by atoms with Crippen molar-refractivity contribution in [1.82, 2.24) is 0 Å². The van der Waals surface area contributed by atoms with Crippen LogP contribution in [0.3, 0.4) is 0 Å². The fourth-order valence-corrected chi connectivity index (χ4v) is 10.2. The fraction of sp³-hybridized carbons (Fsp3) is 0.797. The number of carbonyl (C=O) groups is 3. The zero-order chi connectivity index (χ0) is 57.8. The summed E-state index contributed by atoms with van der Waals surface area (Å²) in [5.41, 5.74) is 0. The molecular formula is C74H132O6. The van der Waals surface area contributed by atoms with E-state index in [1.807, 2.05) is 0 Å². The van der Waals surface area contributed by atoms with Crippen molar-refractivity contribution in [2.75, 3.05) is 13.2 Å². The van der Waals surface area contributed by atoms with Gasteiger partial charge in [-0.3, -0.25) is 14.4 Å². The second kappa shape index (κ2) is 68.3. The molecule has 80 heavy (non-hydrogen) atoms. The first-order chi connectivity index (χ1) is 39.5. The van der Waals surface area contributed by atoms with Gasteiger partial charge in [0.1, 0.15) is 13.2 Å². The lowest BCUT2D eigenvalue weighted by molar-refractivity contribution is -0.167. The van der Waals surface area contributed by atoms with Gasteiger partial charge in [0.05, 0.1) is 0 Å². The number of allylic oxidation sites excluding steroid dienone is 12. The van der Waals surface area contributed by atoms with Gasteiger partial charge in [-0.1, -0.05) is 306 Å². The predicted molar refractivity (Wildman–Crippen MR) is 348 cm³/mol. The quantitative estimate of drug-likeness (QED) is 0.0261. The highest BCUT2D eigenvalue weighted by molar-refractivity contribution is 5.71. The smallest absolute Gasteiger partial charge is 0.306 e. The van der Waals surface area contributed by atoms with Crippen LogP contribution in [0.5, 0.6) is 0 Å². The molecule has 0 bridgehead atoms. The Morgan fingerprint density at radius 3 is 0.800 bits per heavy atom. The summed E-state index contributed by atoms with van der Waals surface area (Å²) in [7, 11) is 0. The average molecular weight is 1120 g/mol. The predicted octanol–water partition coefficient (Wildman–Crippen LogP) is 24.1. The molecule has 1 unspecified atom stereocenters. The van der Waals surface area contributed by atoms with Gasteiger partial charge in [-0.25, -0.2) is 0 Å². The molecule has 0 rings (SSSR count). The van der Waals surface area contributed by atoms with Crippen molar-refractivity contribution in [3.05, 3.63) is 72.9 Å². The maximum atomic E-state index is 12.9. The van der Waals surface area contributed by atoms with Crippen molar-refractivity contribution in [2.24, 2.45) is 0 Å². The van der Waals surface area contributed by atoms with Crippen molar-refractivity contribution >= 4 is 17.9 Å². The molecule has 0 aromatic carbocycles. The first-order valence-electron chi connectivity index (χ1n) is 34.9. The van der Waals surface area contributed by atoms with E-state index >= 15 is 0 Å². The molecule has 0 saturated heterocycles. The molecule has 0 aromatic heterocycles. The Bertz CT molecular complexity index is 1470. The number of unbranched alkanes of at least 4 members (excludes halogenated alkanes) is 41. The molecular weight excluding hydrogens is 985 g/mol. The third kappa shape index (κ3) is 65.7. The van der Waals surface area contributed by atoms with Gasteiger partial charge in [-0.05, 0) is 109 Å². The average Bonchev–Trinajstić information content (AvgIpc) is 3.46. The summed E-state index contributed by atoms with van der Waals surface area (Å²) in [6.07, 6.45) is 89.4. The van der Waals surface area contributed by atoms with Crippen molar-refractivity contribution in [2.45, 2.75) is 367 Å². The monoisotopic (exact) mass is 1120 g/mol. The second-order valence-corrected chi connectivity index (χ2v) is 23.4. The highest BCUT2D eigenvalue weighted by Crippen LogP contribution is 2.18. The lowest BCUT2D eigenvalue weighted by Gasteiger charge is -2.18. The Morgan fingerprint density at radius 1 is 0.263 bits per heavy atom. The molecule has 0 aromatic rings.